The van der Waals surface area contributed by atoms with Crippen LogP contribution in [0.3, 0.4) is 0 Å². The Hall–Kier alpha value is -1.17. The van der Waals surface area contributed by atoms with Gasteiger partial charge in [0.05, 0.1) is 16.7 Å². The molecule has 1 unspecified atom stereocenters. The number of hydrogen-bond acceptors (Lipinski definition) is 3. The lowest BCUT2D eigenvalue weighted by Gasteiger charge is -2.23. The van der Waals surface area contributed by atoms with Gasteiger partial charge in [0.2, 0.25) is 5.91 Å². The van der Waals surface area contributed by atoms with E-state index in [4.69, 9.17) is 23.2 Å². The van der Waals surface area contributed by atoms with E-state index in [0.29, 0.717) is 15.8 Å². The molecule has 4 nitrogen and oxygen atoms in total. The summed E-state index contributed by atoms with van der Waals surface area (Å²) in [6.45, 7) is 6.36. The van der Waals surface area contributed by atoms with E-state index >= 15 is 0 Å². The summed E-state index contributed by atoms with van der Waals surface area (Å²) in [6.07, 6.45) is 0. The van der Waals surface area contributed by atoms with Crippen LogP contribution in [0.1, 0.15) is 42.8 Å². The largest absolute Gasteiger partial charge is 0.310 e. The van der Waals surface area contributed by atoms with E-state index in [9.17, 15) is 4.79 Å². The number of fused-ring (bicyclic) bond motifs is 1. The Bertz CT molecular complexity index is 811. The Morgan fingerprint density at radius 3 is 2.67 bits per heavy atom. The maximum absolute atomic E-state index is 12.1. The van der Waals surface area contributed by atoms with Crippen LogP contribution in [-0.2, 0) is 17.3 Å². The van der Waals surface area contributed by atoms with E-state index in [1.807, 2.05) is 19.2 Å². The molecule has 0 saturated carbocycles. The van der Waals surface area contributed by atoms with Gasteiger partial charge in [0.25, 0.3) is 0 Å². The summed E-state index contributed by atoms with van der Waals surface area (Å²) in [4.78, 5) is 12.1. The van der Waals surface area contributed by atoms with Crippen molar-refractivity contribution in [2.45, 2.75) is 31.4 Å². The van der Waals surface area contributed by atoms with E-state index < -0.39 is 0 Å². The molecule has 0 bridgehead atoms. The molecule has 1 aromatic heterocycles. The summed E-state index contributed by atoms with van der Waals surface area (Å²) in [5, 5.41) is 8.79. The topological polar surface area (TPSA) is 46.9 Å². The number of rotatable bonds is 1. The van der Waals surface area contributed by atoms with Gasteiger partial charge in [-0.2, -0.15) is 5.10 Å². The third kappa shape index (κ3) is 3.17. The Morgan fingerprint density at radius 1 is 1.33 bits per heavy atom. The number of benzene rings is 1. The highest BCUT2D eigenvalue weighted by Gasteiger charge is 2.35. The molecule has 0 radical (unpaired) electrons. The van der Waals surface area contributed by atoms with Crippen LogP contribution in [0.5, 0.6) is 0 Å². The van der Waals surface area contributed by atoms with Gasteiger partial charge < -0.3 is 5.32 Å². The Kier molecular flexibility index (Phi) is 4.62. The van der Waals surface area contributed by atoms with E-state index in [1.165, 1.54) is 0 Å². The number of carbonyl (C=O) groups excluding carboxylic acids is 1. The monoisotopic (exact) mass is 383 g/mol. The van der Waals surface area contributed by atoms with Crippen molar-refractivity contribution >= 4 is 46.7 Å². The lowest BCUT2D eigenvalue weighted by Crippen LogP contribution is -2.16. The van der Waals surface area contributed by atoms with Crippen molar-refractivity contribution in [2.75, 3.05) is 11.1 Å². The van der Waals surface area contributed by atoms with E-state index in [0.717, 1.165) is 22.6 Å². The highest BCUT2D eigenvalue weighted by atomic mass is 35.5. The molecule has 1 N–H and O–H groups in total. The summed E-state index contributed by atoms with van der Waals surface area (Å²) < 4.78 is 1.75. The summed E-state index contributed by atoms with van der Waals surface area (Å²) in [5.41, 5.74) is 2.77. The molecule has 1 atom stereocenters. The minimum Gasteiger partial charge on any atom is -0.310 e. The van der Waals surface area contributed by atoms with Crippen LogP contribution in [0, 0.1) is 0 Å². The molecule has 128 valence electrons. The zero-order chi connectivity index (χ0) is 17.6. The van der Waals surface area contributed by atoms with Crippen LogP contribution in [-0.4, -0.2) is 21.4 Å². The van der Waals surface area contributed by atoms with Crippen molar-refractivity contribution in [3.05, 3.63) is 45.1 Å². The molecule has 2 aromatic rings. The van der Waals surface area contributed by atoms with Crippen LogP contribution in [0.15, 0.2) is 18.2 Å². The predicted octanol–water partition coefficient (Wildman–Crippen LogP) is 4.80. The number of nitrogens with one attached hydrogen (secondary N) is 1. The van der Waals surface area contributed by atoms with E-state index in [-0.39, 0.29) is 16.6 Å². The third-order valence-corrected chi connectivity index (χ3v) is 5.75. The van der Waals surface area contributed by atoms with Crippen LogP contribution in [0.4, 0.5) is 5.82 Å². The third-order valence-electron chi connectivity index (χ3n) is 3.94. The molecule has 3 rings (SSSR count). The van der Waals surface area contributed by atoms with Crippen molar-refractivity contribution in [1.82, 2.24) is 9.78 Å². The molecular weight excluding hydrogens is 365 g/mol. The maximum atomic E-state index is 12.1. The second kappa shape index (κ2) is 6.28. The lowest BCUT2D eigenvalue weighted by molar-refractivity contribution is -0.113. The molecule has 0 saturated heterocycles. The Morgan fingerprint density at radius 2 is 2.04 bits per heavy atom. The average molecular weight is 384 g/mol. The minimum absolute atomic E-state index is 0.0303. The zero-order valence-electron chi connectivity index (χ0n) is 14.0. The fourth-order valence-corrected chi connectivity index (χ4v) is 4.61. The quantitative estimate of drug-likeness (QED) is 0.768. The first-order valence-electron chi connectivity index (χ1n) is 7.62. The lowest BCUT2D eigenvalue weighted by atomic mass is 9.87. The van der Waals surface area contributed by atoms with E-state index in [1.54, 1.807) is 22.5 Å². The van der Waals surface area contributed by atoms with E-state index in [2.05, 4.69) is 31.2 Å². The smallest absolute Gasteiger partial charge is 0.235 e. The summed E-state index contributed by atoms with van der Waals surface area (Å²) in [7, 11) is 1.85. The van der Waals surface area contributed by atoms with Crippen molar-refractivity contribution in [3.8, 4) is 0 Å². The van der Waals surface area contributed by atoms with Crippen LogP contribution >= 0.6 is 35.0 Å². The Labute approximate surface area is 155 Å². The number of aromatic nitrogens is 2. The van der Waals surface area contributed by atoms with Gasteiger partial charge in [-0.25, -0.2) is 0 Å². The normalized spacial score (nSPS) is 18.1. The Balaban J connectivity index is 2.25. The number of carbonyl (C=O) groups is 1. The molecule has 24 heavy (non-hydrogen) atoms. The van der Waals surface area contributed by atoms with Gasteiger partial charge in [0.1, 0.15) is 5.82 Å². The molecule has 0 aliphatic carbocycles. The number of halogens is 2. The number of thioether (sulfide) groups is 1. The summed E-state index contributed by atoms with van der Waals surface area (Å²) >= 11 is 14.1. The molecule has 1 aliphatic rings. The minimum atomic E-state index is -0.155. The molecule has 7 heteroatoms. The number of hydrogen-bond donors (Lipinski definition) is 1. The second-order valence-corrected chi connectivity index (χ2v) is 8.83. The maximum Gasteiger partial charge on any atom is 0.235 e. The van der Waals surface area contributed by atoms with Crippen LogP contribution in [0.2, 0.25) is 10.0 Å². The SMILES string of the molecule is Cn1nc(C(C)(C)C)c2c1NC(=O)CSC2c1ccc(Cl)cc1Cl. The van der Waals surface area contributed by atoms with Gasteiger partial charge in [-0.3, -0.25) is 9.48 Å². The van der Waals surface area contributed by atoms with Gasteiger partial charge in [-0.1, -0.05) is 50.0 Å². The van der Waals surface area contributed by atoms with Gasteiger partial charge in [-0.05, 0) is 17.7 Å². The van der Waals surface area contributed by atoms with Crippen molar-refractivity contribution in [2.24, 2.45) is 7.05 Å². The molecule has 0 spiro atoms. The fraction of sp³-hybridized carbons (Fsp3) is 0.412. The molecule has 2 heterocycles. The van der Waals surface area contributed by atoms with Gasteiger partial charge in [0, 0.05) is 28.1 Å². The standard InChI is InChI=1S/C17H19Cl2N3OS/c1-17(2,3)15-13-14(10-6-5-9(18)7-11(10)19)24-8-12(23)20-16(13)22(4)21-15/h5-7,14H,8H2,1-4H3,(H,20,23). The first kappa shape index (κ1) is 17.6. The fourth-order valence-electron chi connectivity index (χ4n) is 2.86. The number of anilines is 1. The average Bonchev–Trinajstić information content (AvgIpc) is 2.69. The molecule has 1 aliphatic heterocycles. The first-order chi connectivity index (χ1) is 11.2. The van der Waals surface area contributed by atoms with Crippen molar-refractivity contribution in [1.29, 1.82) is 0 Å². The number of nitrogens with zero attached hydrogens (tertiary/aromatic N) is 2. The highest BCUT2D eigenvalue weighted by molar-refractivity contribution is 8.00. The van der Waals surface area contributed by atoms with Crippen LogP contribution in [0.25, 0.3) is 0 Å². The number of aryl methyl sites for hydroxylation is 1. The molecule has 1 amide bonds. The summed E-state index contributed by atoms with van der Waals surface area (Å²) in [5.74, 6) is 1.07. The van der Waals surface area contributed by atoms with Crippen molar-refractivity contribution < 1.29 is 4.79 Å². The number of amides is 1. The zero-order valence-corrected chi connectivity index (χ0v) is 16.3. The summed E-state index contributed by atoms with van der Waals surface area (Å²) in [6, 6.07) is 5.50. The predicted molar refractivity (Wildman–Crippen MR) is 101 cm³/mol. The second-order valence-electron chi connectivity index (χ2n) is 6.89. The van der Waals surface area contributed by atoms with Gasteiger partial charge in [0.15, 0.2) is 0 Å². The van der Waals surface area contributed by atoms with Gasteiger partial charge >= 0.3 is 0 Å². The molecule has 0 fully saturated rings. The van der Waals surface area contributed by atoms with Crippen LogP contribution < -0.4 is 5.32 Å². The molecular formula is C17H19Cl2N3OS. The first-order valence-corrected chi connectivity index (χ1v) is 9.42. The highest BCUT2D eigenvalue weighted by Crippen LogP contribution is 2.47. The molecule has 1 aromatic carbocycles. The van der Waals surface area contributed by atoms with Gasteiger partial charge in [-0.15, -0.1) is 11.8 Å². The van der Waals surface area contributed by atoms with Crippen molar-refractivity contribution in [3.63, 3.8) is 0 Å².